The summed E-state index contributed by atoms with van der Waals surface area (Å²) in [5.74, 6) is -1.56. The molecule has 1 atom stereocenters. The van der Waals surface area contributed by atoms with Crippen LogP contribution >= 0.6 is 0 Å². The number of hydrogen-bond acceptors (Lipinski definition) is 3. The fourth-order valence-corrected chi connectivity index (χ4v) is 2.44. The van der Waals surface area contributed by atoms with Gasteiger partial charge in [-0.3, -0.25) is 9.69 Å². The van der Waals surface area contributed by atoms with Gasteiger partial charge in [-0.15, -0.1) is 0 Å². The van der Waals surface area contributed by atoms with Gasteiger partial charge in [-0.2, -0.15) is 0 Å². The number of halogens is 2. The fourth-order valence-electron chi connectivity index (χ4n) is 2.44. The van der Waals surface area contributed by atoms with Gasteiger partial charge in [-0.1, -0.05) is 0 Å². The molecule has 0 radical (unpaired) electrons. The van der Waals surface area contributed by atoms with Crippen LogP contribution < -0.4 is 0 Å². The molecule has 1 heterocycles. The van der Waals surface area contributed by atoms with E-state index in [4.69, 9.17) is 5.11 Å². The van der Waals surface area contributed by atoms with E-state index < -0.39 is 17.4 Å². The minimum absolute atomic E-state index is 0.0663. The first-order valence-electron chi connectivity index (χ1n) is 6.41. The predicted octanol–water partition coefficient (Wildman–Crippen LogP) is 1.85. The summed E-state index contributed by atoms with van der Waals surface area (Å²) in [7, 11) is 0. The van der Waals surface area contributed by atoms with Gasteiger partial charge in [0.05, 0.1) is 12.1 Å². The Labute approximate surface area is 110 Å². The molecule has 5 heteroatoms. The van der Waals surface area contributed by atoms with E-state index in [2.05, 4.69) is 0 Å². The number of aliphatic hydroxyl groups is 1. The lowest BCUT2D eigenvalue weighted by molar-refractivity contribution is 0.0829. The summed E-state index contributed by atoms with van der Waals surface area (Å²) in [5.41, 5.74) is -0.203. The molecule has 0 spiro atoms. The van der Waals surface area contributed by atoms with Crippen molar-refractivity contribution in [3.63, 3.8) is 0 Å². The van der Waals surface area contributed by atoms with Crippen molar-refractivity contribution in [3.05, 3.63) is 35.4 Å². The Balaban J connectivity index is 2.02. The largest absolute Gasteiger partial charge is 0.396 e. The topological polar surface area (TPSA) is 40.5 Å². The molecule has 3 nitrogen and oxygen atoms in total. The van der Waals surface area contributed by atoms with Gasteiger partial charge in [0.2, 0.25) is 0 Å². The van der Waals surface area contributed by atoms with Crippen molar-refractivity contribution in [2.24, 2.45) is 5.92 Å². The van der Waals surface area contributed by atoms with Gasteiger partial charge in [0.1, 0.15) is 11.6 Å². The molecule has 1 saturated heterocycles. The first kappa shape index (κ1) is 14.1. The number of likely N-dealkylation sites (tertiary alicyclic amines) is 1. The maximum absolute atomic E-state index is 13.5. The summed E-state index contributed by atoms with van der Waals surface area (Å²) >= 11 is 0. The van der Waals surface area contributed by atoms with Crippen molar-refractivity contribution < 1.29 is 18.7 Å². The van der Waals surface area contributed by atoms with Crippen LogP contribution in [0.25, 0.3) is 0 Å². The minimum atomic E-state index is -0.692. The highest BCUT2D eigenvalue weighted by molar-refractivity contribution is 5.97. The van der Waals surface area contributed by atoms with Crippen LogP contribution in [0.3, 0.4) is 0 Å². The van der Waals surface area contributed by atoms with Gasteiger partial charge in [0.15, 0.2) is 5.78 Å². The van der Waals surface area contributed by atoms with Crippen LogP contribution in [0.1, 0.15) is 23.2 Å². The van der Waals surface area contributed by atoms with Gasteiger partial charge < -0.3 is 5.11 Å². The Morgan fingerprint density at radius 1 is 1.42 bits per heavy atom. The summed E-state index contributed by atoms with van der Waals surface area (Å²) in [6, 6.07) is 2.90. The summed E-state index contributed by atoms with van der Waals surface area (Å²) in [6.07, 6.45) is 1.85. The second-order valence-electron chi connectivity index (χ2n) is 4.97. The van der Waals surface area contributed by atoms with Gasteiger partial charge in [-0.05, 0) is 43.5 Å². The molecule has 0 saturated carbocycles. The normalized spacial score (nSPS) is 20.5. The molecule has 1 aromatic carbocycles. The lowest BCUT2D eigenvalue weighted by atomic mass is 9.98. The Bertz CT molecular complexity index is 465. The molecule has 1 aliphatic rings. The third kappa shape index (κ3) is 3.58. The highest BCUT2D eigenvalue weighted by Gasteiger charge is 2.22. The Morgan fingerprint density at radius 2 is 2.21 bits per heavy atom. The monoisotopic (exact) mass is 269 g/mol. The maximum atomic E-state index is 13.5. The lowest BCUT2D eigenvalue weighted by Gasteiger charge is -2.31. The number of nitrogens with zero attached hydrogens (tertiary/aromatic N) is 1. The van der Waals surface area contributed by atoms with E-state index in [1.807, 2.05) is 4.90 Å². The average Bonchev–Trinajstić information content (AvgIpc) is 2.41. The maximum Gasteiger partial charge on any atom is 0.179 e. The summed E-state index contributed by atoms with van der Waals surface area (Å²) < 4.78 is 26.5. The van der Waals surface area contributed by atoms with Gasteiger partial charge in [-0.25, -0.2) is 8.78 Å². The summed E-state index contributed by atoms with van der Waals surface area (Å²) in [6.45, 7) is 1.54. The molecular formula is C14H17F2NO2. The van der Waals surface area contributed by atoms with Gasteiger partial charge in [0.25, 0.3) is 0 Å². The van der Waals surface area contributed by atoms with Crippen molar-refractivity contribution in [2.45, 2.75) is 12.8 Å². The zero-order valence-corrected chi connectivity index (χ0v) is 10.6. The van der Waals surface area contributed by atoms with Crippen LogP contribution in [-0.2, 0) is 0 Å². The van der Waals surface area contributed by atoms with Crippen molar-refractivity contribution in [2.75, 3.05) is 26.2 Å². The van der Waals surface area contributed by atoms with E-state index in [0.29, 0.717) is 6.54 Å². The molecule has 1 N–H and O–H groups in total. The van der Waals surface area contributed by atoms with Crippen LogP contribution in [0, 0.1) is 17.6 Å². The fraction of sp³-hybridized carbons (Fsp3) is 0.500. The first-order valence-corrected chi connectivity index (χ1v) is 6.41. The van der Waals surface area contributed by atoms with E-state index in [9.17, 15) is 13.6 Å². The second-order valence-corrected chi connectivity index (χ2v) is 4.97. The van der Waals surface area contributed by atoms with E-state index in [1.54, 1.807) is 0 Å². The molecule has 1 fully saturated rings. The second kappa shape index (κ2) is 6.21. The van der Waals surface area contributed by atoms with Crippen LogP contribution in [-0.4, -0.2) is 42.0 Å². The molecule has 0 bridgehead atoms. The molecular weight excluding hydrogens is 252 g/mol. The van der Waals surface area contributed by atoms with Crippen molar-refractivity contribution >= 4 is 5.78 Å². The van der Waals surface area contributed by atoms with Crippen molar-refractivity contribution in [3.8, 4) is 0 Å². The molecule has 2 rings (SSSR count). The number of carbonyl (C=O) groups is 1. The Kier molecular flexibility index (Phi) is 4.61. The van der Waals surface area contributed by atoms with Crippen LogP contribution in [0.5, 0.6) is 0 Å². The predicted molar refractivity (Wildman–Crippen MR) is 66.9 cm³/mol. The highest BCUT2D eigenvalue weighted by atomic mass is 19.1. The number of carbonyl (C=O) groups excluding carboxylic acids is 1. The standard InChI is InChI=1S/C14H17F2NO2/c15-11-3-4-13(16)12(6-11)14(19)8-17-5-1-2-10(7-17)9-18/h3-4,6,10,18H,1-2,5,7-9H2. The molecule has 1 unspecified atom stereocenters. The van der Waals surface area contributed by atoms with Crippen molar-refractivity contribution in [1.82, 2.24) is 4.90 Å². The number of piperidine rings is 1. The minimum Gasteiger partial charge on any atom is -0.396 e. The molecule has 104 valence electrons. The number of aliphatic hydroxyl groups excluding tert-OH is 1. The Hall–Kier alpha value is -1.33. The number of hydrogen-bond donors (Lipinski definition) is 1. The molecule has 1 aromatic rings. The van der Waals surface area contributed by atoms with E-state index in [1.165, 1.54) is 0 Å². The molecule has 0 aliphatic carbocycles. The van der Waals surface area contributed by atoms with Crippen LogP contribution in [0.2, 0.25) is 0 Å². The Morgan fingerprint density at radius 3 is 2.95 bits per heavy atom. The van der Waals surface area contributed by atoms with E-state index in [0.717, 1.165) is 37.6 Å². The highest BCUT2D eigenvalue weighted by Crippen LogP contribution is 2.17. The van der Waals surface area contributed by atoms with Crippen LogP contribution in [0.4, 0.5) is 8.78 Å². The number of benzene rings is 1. The van der Waals surface area contributed by atoms with Gasteiger partial charge in [0, 0.05) is 13.2 Å². The first-order chi connectivity index (χ1) is 9.10. The molecule has 1 aliphatic heterocycles. The number of ketones is 1. The third-order valence-electron chi connectivity index (χ3n) is 3.46. The molecule has 0 aromatic heterocycles. The van der Waals surface area contributed by atoms with Gasteiger partial charge >= 0.3 is 0 Å². The zero-order chi connectivity index (χ0) is 13.8. The number of Topliss-reactive ketones (excluding diaryl/α,β-unsaturated/α-hetero) is 1. The molecule has 0 amide bonds. The SMILES string of the molecule is O=C(CN1CCCC(CO)C1)c1cc(F)ccc1F. The van der Waals surface area contributed by atoms with E-state index >= 15 is 0 Å². The lowest BCUT2D eigenvalue weighted by Crippen LogP contribution is -2.40. The average molecular weight is 269 g/mol. The van der Waals surface area contributed by atoms with Crippen LogP contribution in [0.15, 0.2) is 18.2 Å². The zero-order valence-electron chi connectivity index (χ0n) is 10.6. The quantitative estimate of drug-likeness (QED) is 0.848. The third-order valence-corrected chi connectivity index (χ3v) is 3.46. The summed E-state index contributed by atoms with van der Waals surface area (Å²) in [5, 5.41) is 9.12. The smallest absolute Gasteiger partial charge is 0.179 e. The van der Waals surface area contributed by atoms with Crippen molar-refractivity contribution in [1.29, 1.82) is 0 Å². The molecule has 19 heavy (non-hydrogen) atoms. The number of rotatable bonds is 4. The summed E-state index contributed by atoms with van der Waals surface area (Å²) in [4.78, 5) is 13.9. The van der Waals surface area contributed by atoms with E-state index in [-0.39, 0.29) is 24.6 Å².